The van der Waals surface area contributed by atoms with Gasteiger partial charge in [0.1, 0.15) is 0 Å². The Labute approximate surface area is 110 Å². The van der Waals surface area contributed by atoms with E-state index in [0.717, 1.165) is 0 Å². The zero-order valence-electron chi connectivity index (χ0n) is 11.1. The van der Waals surface area contributed by atoms with Gasteiger partial charge in [0, 0.05) is 7.05 Å². The fourth-order valence-electron chi connectivity index (χ4n) is 1.70. The van der Waals surface area contributed by atoms with Gasteiger partial charge in [-0.3, -0.25) is 0 Å². The highest BCUT2D eigenvalue weighted by Crippen LogP contribution is 2.21. The molecule has 0 spiro atoms. The lowest BCUT2D eigenvalue weighted by Gasteiger charge is -2.17. The fourth-order valence-corrected chi connectivity index (χ4v) is 1.88. The van der Waals surface area contributed by atoms with Gasteiger partial charge in [0.15, 0.2) is 5.11 Å². The molecule has 17 heavy (non-hydrogen) atoms. The molecule has 0 bridgehead atoms. The minimum Gasteiger partial charge on any atom is -0.366 e. The van der Waals surface area contributed by atoms with Crippen molar-refractivity contribution in [3.63, 3.8) is 0 Å². The summed E-state index contributed by atoms with van der Waals surface area (Å²) in [4.78, 5) is 0. The van der Waals surface area contributed by atoms with Crippen molar-refractivity contribution in [3.05, 3.63) is 35.4 Å². The van der Waals surface area contributed by atoms with Gasteiger partial charge >= 0.3 is 0 Å². The lowest BCUT2D eigenvalue weighted by atomic mass is 9.96. The first kappa shape index (κ1) is 14.0. The van der Waals surface area contributed by atoms with Crippen LogP contribution in [0.4, 0.5) is 0 Å². The summed E-state index contributed by atoms with van der Waals surface area (Å²) in [6, 6.07) is 9.02. The van der Waals surface area contributed by atoms with Gasteiger partial charge in [-0.25, -0.2) is 0 Å². The number of thiocarbonyl (C=S) groups is 1. The van der Waals surface area contributed by atoms with E-state index in [2.05, 4.69) is 55.7 Å². The van der Waals surface area contributed by atoms with Gasteiger partial charge in [-0.1, -0.05) is 38.1 Å². The van der Waals surface area contributed by atoms with E-state index in [1.165, 1.54) is 17.5 Å². The quantitative estimate of drug-likeness (QED) is 0.801. The van der Waals surface area contributed by atoms with Crippen molar-refractivity contribution in [1.82, 2.24) is 10.6 Å². The molecule has 2 atom stereocenters. The highest BCUT2D eigenvalue weighted by Gasteiger charge is 2.07. The van der Waals surface area contributed by atoms with Crippen LogP contribution in [0.3, 0.4) is 0 Å². The molecule has 0 radical (unpaired) electrons. The molecular formula is C14H22N2S. The Balaban J connectivity index is 2.70. The summed E-state index contributed by atoms with van der Waals surface area (Å²) in [6.07, 6.45) is 1.18. The van der Waals surface area contributed by atoms with Crippen molar-refractivity contribution in [2.75, 3.05) is 7.05 Å². The van der Waals surface area contributed by atoms with E-state index in [1.54, 1.807) is 0 Å². The van der Waals surface area contributed by atoms with Gasteiger partial charge in [0.25, 0.3) is 0 Å². The number of hydrogen-bond acceptors (Lipinski definition) is 1. The van der Waals surface area contributed by atoms with E-state index in [4.69, 9.17) is 12.2 Å². The molecule has 3 heteroatoms. The third kappa shape index (κ3) is 4.00. The summed E-state index contributed by atoms with van der Waals surface area (Å²) < 4.78 is 0. The van der Waals surface area contributed by atoms with E-state index in [0.29, 0.717) is 11.0 Å². The summed E-state index contributed by atoms with van der Waals surface area (Å²) in [6.45, 7) is 6.59. The van der Waals surface area contributed by atoms with Crippen LogP contribution in [0.15, 0.2) is 24.3 Å². The zero-order chi connectivity index (χ0) is 12.8. The third-order valence-corrected chi connectivity index (χ3v) is 3.51. The third-order valence-electron chi connectivity index (χ3n) is 3.19. The predicted octanol–water partition coefficient (Wildman–Crippen LogP) is 3.36. The second-order valence-electron chi connectivity index (χ2n) is 4.42. The minimum atomic E-state index is 0.237. The zero-order valence-corrected chi connectivity index (χ0v) is 11.9. The molecule has 0 fully saturated rings. The molecule has 0 saturated carbocycles. The second kappa shape index (κ2) is 6.60. The monoisotopic (exact) mass is 250 g/mol. The summed E-state index contributed by atoms with van der Waals surface area (Å²) in [7, 11) is 1.83. The summed E-state index contributed by atoms with van der Waals surface area (Å²) in [5.41, 5.74) is 2.66. The summed E-state index contributed by atoms with van der Waals surface area (Å²) >= 11 is 5.10. The van der Waals surface area contributed by atoms with Crippen LogP contribution in [0.2, 0.25) is 0 Å². The highest BCUT2D eigenvalue weighted by atomic mass is 32.1. The van der Waals surface area contributed by atoms with Gasteiger partial charge in [-0.15, -0.1) is 0 Å². The maximum atomic E-state index is 5.10. The molecule has 1 rings (SSSR count). The van der Waals surface area contributed by atoms with Crippen LogP contribution < -0.4 is 10.6 Å². The molecular weight excluding hydrogens is 228 g/mol. The molecule has 0 aliphatic carbocycles. The first-order valence-corrected chi connectivity index (χ1v) is 6.57. The maximum Gasteiger partial charge on any atom is 0.166 e. The number of rotatable bonds is 4. The molecule has 0 aliphatic heterocycles. The Morgan fingerprint density at radius 3 is 2.18 bits per heavy atom. The molecule has 0 heterocycles. The smallest absolute Gasteiger partial charge is 0.166 e. The van der Waals surface area contributed by atoms with E-state index in [-0.39, 0.29) is 6.04 Å². The maximum absolute atomic E-state index is 5.10. The van der Waals surface area contributed by atoms with Gasteiger partial charge in [-0.05, 0) is 42.6 Å². The summed E-state index contributed by atoms with van der Waals surface area (Å²) in [5.74, 6) is 0.630. The van der Waals surface area contributed by atoms with Crippen LogP contribution in [0.1, 0.15) is 50.3 Å². The average molecular weight is 250 g/mol. The predicted molar refractivity (Wildman–Crippen MR) is 78.4 cm³/mol. The van der Waals surface area contributed by atoms with Crippen LogP contribution in [0.25, 0.3) is 0 Å². The Hall–Kier alpha value is -1.09. The Morgan fingerprint density at radius 1 is 1.18 bits per heavy atom. The Kier molecular flexibility index (Phi) is 5.42. The Morgan fingerprint density at radius 2 is 1.71 bits per heavy atom. The van der Waals surface area contributed by atoms with E-state index in [1.807, 2.05) is 7.05 Å². The standard InChI is InChI=1S/C14H22N2S/c1-5-10(2)12-6-8-13(9-7-12)11(3)16-14(17)15-4/h6-11H,5H2,1-4H3,(H2,15,16,17). The van der Waals surface area contributed by atoms with Crippen molar-refractivity contribution in [1.29, 1.82) is 0 Å². The Bertz CT molecular complexity index is 359. The van der Waals surface area contributed by atoms with Crippen molar-refractivity contribution >= 4 is 17.3 Å². The summed E-state index contributed by atoms with van der Waals surface area (Å²) in [5, 5.41) is 6.84. The van der Waals surface area contributed by atoms with Crippen molar-refractivity contribution < 1.29 is 0 Å². The molecule has 1 aromatic carbocycles. The van der Waals surface area contributed by atoms with Gasteiger partial charge < -0.3 is 10.6 Å². The van der Waals surface area contributed by atoms with E-state index >= 15 is 0 Å². The van der Waals surface area contributed by atoms with Gasteiger partial charge in [-0.2, -0.15) is 0 Å². The fraction of sp³-hybridized carbons (Fsp3) is 0.500. The van der Waals surface area contributed by atoms with Gasteiger partial charge in [0.2, 0.25) is 0 Å². The van der Waals surface area contributed by atoms with Crippen molar-refractivity contribution in [3.8, 4) is 0 Å². The van der Waals surface area contributed by atoms with Crippen molar-refractivity contribution in [2.24, 2.45) is 0 Å². The molecule has 2 nitrogen and oxygen atoms in total. The topological polar surface area (TPSA) is 24.1 Å². The highest BCUT2D eigenvalue weighted by molar-refractivity contribution is 7.80. The SMILES string of the molecule is CCC(C)c1ccc(C(C)NC(=S)NC)cc1. The van der Waals surface area contributed by atoms with Gasteiger partial charge in [0.05, 0.1) is 6.04 Å². The van der Waals surface area contributed by atoms with Crippen LogP contribution in [-0.2, 0) is 0 Å². The molecule has 0 aliphatic rings. The van der Waals surface area contributed by atoms with Crippen molar-refractivity contribution in [2.45, 2.75) is 39.2 Å². The van der Waals surface area contributed by atoms with Crippen LogP contribution in [0.5, 0.6) is 0 Å². The molecule has 2 unspecified atom stereocenters. The molecule has 1 aromatic rings. The molecule has 94 valence electrons. The molecule has 0 saturated heterocycles. The minimum absolute atomic E-state index is 0.237. The number of nitrogens with one attached hydrogen (secondary N) is 2. The second-order valence-corrected chi connectivity index (χ2v) is 4.83. The van der Waals surface area contributed by atoms with E-state index in [9.17, 15) is 0 Å². The number of hydrogen-bond donors (Lipinski definition) is 2. The van der Waals surface area contributed by atoms with E-state index < -0.39 is 0 Å². The lowest BCUT2D eigenvalue weighted by Crippen LogP contribution is -2.34. The first-order chi connectivity index (χ1) is 8.08. The molecule has 0 aromatic heterocycles. The lowest BCUT2D eigenvalue weighted by molar-refractivity contribution is 0.703. The van der Waals surface area contributed by atoms with Crippen LogP contribution >= 0.6 is 12.2 Å². The molecule has 2 N–H and O–H groups in total. The number of benzene rings is 1. The largest absolute Gasteiger partial charge is 0.366 e. The first-order valence-electron chi connectivity index (χ1n) is 6.16. The molecule has 0 amide bonds. The van der Waals surface area contributed by atoms with Crippen LogP contribution in [0, 0.1) is 0 Å². The average Bonchev–Trinajstić information content (AvgIpc) is 2.37. The normalized spacial score (nSPS) is 13.9. The van der Waals surface area contributed by atoms with Crippen LogP contribution in [-0.4, -0.2) is 12.2 Å².